The molecule has 116 valence electrons. The van der Waals surface area contributed by atoms with Gasteiger partial charge in [0.05, 0.1) is 16.2 Å². The molecule has 0 unspecified atom stereocenters. The molecule has 0 bridgehead atoms. The molecular weight excluding hydrogens is 349 g/mol. The third kappa shape index (κ3) is 4.69. The monoisotopic (exact) mass is 359 g/mol. The van der Waals surface area contributed by atoms with E-state index in [-0.39, 0.29) is 5.91 Å². The molecule has 0 atom stereocenters. The van der Waals surface area contributed by atoms with Gasteiger partial charge in [0.1, 0.15) is 5.69 Å². The summed E-state index contributed by atoms with van der Waals surface area (Å²) in [7, 11) is 0. The number of nitrogens with zero attached hydrogens (tertiary/aromatic N) is 3. The number of nitrogens with one attached hydrogen (secondary N) is 2. The fraction of sp³-hybridized carbons (Fsp3) is 0.231. The van der Waals surface area contributed by atoms with E-state index in [0.29, 0.717) is 39.7 Å². The maximum atomic E-state index is 10.8. The summed E-state index contributed by atoms with van der Waals surface area (Å²) < 4.78 is 0. The molecule has 22 heavy (non-hydrogen) atoms. The highest BCUT2D eigenvalue weighted by molar-refractivity contribution is 6.41. The molecule has 0 saturated heterocycles. The maximum absolute atomic E-state index is 10.8. The molecule has 6 nitrogen and oxygen atoms in total. The van der Waals surface area contributed by atoms with Crippen LogP contribution >= 0.6 is 34.8 Å². The number of aromatic nitrogens is 2. The van der Waals surface area contributed by atoms with Crippen LogP contribution in [0.3, 0.4) is 0 Å². The van der Waals surface area contributed by atoms with E-state index in [2.05, 4.69) is 25.5 Å². The first kappa shape index (κ1) is 16.7. The second-order valence-corrected chi connectivity index (χ2v) is 5.63. The quantitative estimate of drug-likeness (QED) is 0.771. The lowest BCUT2D eigenvalue weighted by molar-refractivity contribution is -0.118. The summed E-state index contributed by atoms with van der Waals surface area (Å²) in [6.45, 7) is 1.98. The number of carbonyl (C=O) groups is 1. The Morgan fingerprint density at radius 3 is 2.59 bits per heavy atom. The number of rotatable bonds is 5. The van der Waals surface area contributed by atoms with E-state index in [1.807, 2.05) is 0 Å². The van der Waals surface area contributed by atoms with Crippen LogP contribution in [-0.4, -0.2) is 22.4 Å². The minimum absolute atomic E-state index is 0.0774. The molecule has 9 heteroatoms. The first-order valence-corrected chi connectivity index (χ1v) is 7.43. The Balaban J connectivity index is 2.05. The second-order valence-electron chi connectivity index (χ2n) is 4.38. The molecule has 1 aromatic carbocycles. The van der Waals surface area contributed by atoms with Crippen LogP contribution in [0, 0.1) is 0 Å². The van der Waals surface area contributed by atoms with Gasteiger partial charge < -0.3 is 10.3 Å². The highest BCUT2D eigenvalue weighted by Gasteiger charge is 2.07. The number of benzene rings is 1. The largest absolute Gasteiger partial charge is 0.356 e. The number of imidazole rings is 1. The predicted molar refractivity (Wildman–Crippen MR) is 86.6 cm³/mol. The molecule has 0 fully saturated rings. The molecule has 1 amide bonds. The van der Waals surface area contributed by atoms with Crippen LogP contribution in [0.1, 0.15) is 12.6 Å². The van der Waals surface area contributed by atoms with Gasteiger partial charge in [-0.15, -0.1) is 10.2 Å². The lowest BCUT2D eigenvalue weighted by Gasteiger charge is -2.00. The third-order valence-corrected chi connectivity index (χ3v) is 3.40. The van der Waals surface area contributed by atoms with Crippen molar-refractivity contribution in [3.05, 3.63) is 39.1 Å². The number of halogens is 3. The fourth-order valence-corrected chi connectivity index (χ4v) is 2.52. The van der Waals surface area contributed by atoms with E-state index in [4.69, 9.17) is 34.8 Å². The van der Waals surface area contributed by atoms with E-state index in [1.54, 1.807) is 6.20 Å². The van der Waals surface area contributed by atoms with Crippen molar-refractivity contribution in [3.63, 3.8) is 0 Å². The Bertz CT molecular complexity index is 690. The molecule has 0 aliphatic carbocycles. The van der Waals surface area contributed by atoms with Gasteiger partial charge in [0.25, 0.3) is 0 Å². The maximum Gasteiger partial charge on any atom is 0.246 e. The van der Waals surface area contributed by atoms with Crippen LogP contribution < -0.4 is 5.32 Å². The number of H-pyrrole nitrogens is 1. The first-order valence-electron chi connectivity index (χ1n) is 6.30. The van der Waals surface area contributed by atoms with Crippen molar-refractivity contribution >= 4 is 52.3 Å². The Morgan fingerprint density at radius 2 is 1.95 bits per heavy atom. The van der Waals surface area contributed by atoms with E-state index < -0.39 is 0 Å². The molecule has 1 heterocycles. The molecule has 0 radical (unpaired) electrons. The van der Waals surface area contributed by atoms with Gasteiger partial charge in [-0.2, -0.15) is 0 Å². The SMILES string of the molecule is CC(=O)NCCc1cnc(N=Nc2c(Cl)cc(Cl)cc2Cl)[nH]1. The number of azo groups is 1. The molecular formula is C13H12Cl3N5O. The van der Waals surface area contributed by atoms with Gasteiger partial charge in [-0.3, -0.25) is 4.79 Å². The molecule has 2 aromatic rings. The van der Waals surface area contributed by atoms with Crippen LogP contribution in [0.4, 0.5) is 11.6 Å². The van der Waals surface area contributed by atoms with Gasteiger partial charge in [-0.05, 0) is 12.1 Å². The summed E-state index contributed by atoms with van der Waals surface area (Å²) in [5, 5.41) is 11.7. The Kier molecular flexibility index (Phi) is 5.76. The topological polar surface area (TPSA) is 82.5 Å². The number of amides is 1. The zero-order valence-electron chi connectivity index (χ0n) is 11.5. The summed E-state index contributed by atoms with van der Waals surface area (Å²) in [5.74, 6) is 0.242. The molecule has 2 N–H and O–H groups in total. The molecule has 0 saturated carbocycles. The smallest absolute Gasteiger partial charge is 0.246 e. The highest BCUT2D eigenvalue weighted by atomic mass is 35.5. The summed E-state index contributed by atoms with van der Waals surface area (Å²) in [5.41, 5.74) is 1.15. The fourth-order valence-electron chi connectivity index (χ4n) is 1.63. The van der Waals surface area contributed by atoms with E-state index in [1.165, 1.54) is 19.1 Å². The van der Waals surface area contributed by atoms with Crippen LogP contribution in [-0.2, 0) is 11.2 Å². The Hall–Kier alpha value is -1.63. The van der Waals surface area contributed by atoms with Crippen molar-refractivity contribution in [2.75, 3.05) is 6.54 Å². The zero-order valence-corrected chi connectivity index (χ0v) is 13.8. The molecule has 0 aliphatic rings. The van der Waals surface area contributed by atoms with Gasteiger partial charge >= 0.3 is 0 Å². The summed E-state index contributed by atoms with van der Waals surface area (Å²) in [4.78, 5) is 17.8. The van der Waals surface area contributed by atoms with Crippen LogP contribution in [0.15, 0.2) is 28.6 Å². The summed E-state index contributed by atoms with van der Waals surface area (Å²) in [6, 6.07) is 3.06. The number of hydrogen-bond donors (Lipinski definition) is 2. The zero-order chi connectivity index (χ0) is 16.1. The minimum atomic E-state index is -0.0774. The number of aromatic amines is 1. The van der Waals surface area contributed by atoms with Gasteiger partial charge in [-0.1, -0.05) is 34.8 Å². The third-order valence-electron chi connectivity index (χ3n) is 2.61. The Morgan fingerprint density at radius 1 is 1.27 bits per heavy atom. The molecule has 1 aromatic heterocycles. The van der Waals surface area contributed by atoms with E-state index in [0.717, 1.165) is 5.69 Å². The van der Waals surface area contributed by atoms with Crippen molar-refractivity contribution in [1.29, 1.82) is 0 Å². The van der Waals surface area contributed by atoms with Gasteiger partial charge in [-0.25, -0.2) is 4.98 Å². The van der Waals surface area contributed by atoms with Gasteiger partial charge in [0.15, 0.2) is 0 Å². The normalized spacial score (nSPS) is 11.1. The van der Waals surface area contributed by atoms with Crippen molar-refractivity contribution in [2.24, 2.45) is 10.2 Å². The molecule has 0 spiro atoms. The van der Waals surface area contributed by atoms with Crippen molar-refractivity contribution in [3.8, 4) is 0 Å². The minimum Gasteiger partial charge on any atom is -0.356 e. The van der Waals surface area contributed by atoms with Crippen molar-refractivity contribution in [1.82, 2.24) is 15.3 Å². The lowest BCUT2D eigenvalue weighted by Crippen LogP contribution is -2.22. The Labute approximate surface area is 141 Å². The second kappa shape index (κ2) is 7.58. The van der Waals surface area contributed by atoms with E-state index in [9.17, 15) is 4.79 Å². The van der Waals surface area contributed by atoms with Gasteiger partial charge in [0.2, 0.25) is 11.9 Å². The molecule has 0 aliphatic heterocycles. The van der Waals surface area contributed by atoms with Crippen molar-refractivity contribution in [2.45, 2.75) is 13.3 Å². The number of carbonyl (C=O) groups excluding carboxylic acids is 1. The lowest BCUT2D eigenvalue weighted by atomic mass is 10.3. The average Bonchev–Trinajstić information content (AvgIpc) is 2.85. The summed E-state index contributed by atoms with van der Waals surface area (Å²) >= 11 is 17.8. The standard InChI is InChI=1S/C13H12Cl3N5O/c1-7(22)17-3-2-9-6-18-13(19-9)21-20-12-10(15)4-8(14)5-11(12)16/h4-6H,2-3H2,1H3,(H,17,22)(H,18,19). The average molecular weight is 361 g/mol. The number of hydrogen-bond acceptors (Lipinski definition) is 4. The summed E-state index contributed by atoms with van der Waals surface area (Å²) in [6.07, 6.45) is 2.24. The highest BCUT2D eigenvalue weighted by Crippen LogP contribution is 2.36. The molecule has 2 rings (SSSR count). The van der Waals surface area contributed by atoms with Crippen LogP contribution in [0.5, 0.6) is 0 Å². The first-order chi connectivity index (χ1) is 10.5. The van der Waals surface area contributed by atoms with Crippen LogP contribution in [0.2, 0.25) is 15.1 Å². The predicted octanol–water partition coefficient (Wildman–Crippen LogP) is 4.46. The van der Waals surface area contributed by atoms with Crippen molar-refractivity contribution < 1.29 is 4.79 Å². The van der Waals surface area contributed by atoms with Gasteiger partial charge in [0, 0.05) is 30.6 Å². The van der Waals surface area contributed by atoms with E-state index >= 15 is 0 Å². The van der Waals surface area contributed by atoms with Crippen LogP contribution in [0.25, 0.3) is 0 Å².